The molecule has 2 amide bonds. The van der Waals surface area contributed by atoms with E-state index in [0.717, 1.165) is 21.6 Å². The van der Waals surface area contributed by atoms with E-state index in [1.165, 1.54) is 18.2 Å². The molecule has 5 heteroatoms. The summed E-state index contributed by atoms with van der Waals surface area (Å²) < 4.78 is 14.5. The Labute approximate surface area is 181 Å². The second-order valence-corrected chi connectivity index (χ2v) is 7.78. The molecule has 0 aromatic heterocycles. The van der Waals surface area contributed by atoms with Crippen molar-refractivity contribution in [2.24, 2.45) is 0 Å². The Hall–Kier alpha value is -3.73. The predicted molar refractivity (Wildman–Crippen MR) is 120 cm³/mol. The van der Waals surface area contributed by atoms with Crippen LogP contribution in [0, 0.1) is 19.7 Å². The number of carbonyl (C=O) groups excluding carboxylic acids is 2. The first-order valence-electron chi connectivity index (χ1n) is 10.1. The molecule has 4 rings (SSSR count). The fourth-order valence-corrected chi connectivity index (χ4v) is 4.00. The standard InChI is InChI=1S/C26H23FN2O2/c1-17-13-14-20(18(2)15-17)23-24(28(3)16-19-9-5-4-6-10-19)26(31)29(25(23)30)22-12-8-7-11-21(22)27/h4-15H,16H2,1-3H3. The van der Waals surface area contributed by atoms with Crippen LogP contribution < -0.4 is 4.90 Å². The van der Waals surface area contributed by atoms with E-state index in [0.29, 0.717) is 17.7 Å². The maximum Gasteiger partial charge on any atom is 0.282 e. The second kappa shape index (κ2) is 8.19. The molecule has 1 heterocycles. The summed E-state index contributed by atoms with van der Waals surface area (Å²) in [7, 11) is 1.78. The van der Waals surface area contributed by atoms with Crippen LogP contribution in [0.25, 0.3) is 5.57 Å². The number of aryl methyl sites for hydroxylation is 2. The van der Waals surface area contributed by atoms with Gasteiger partial charge in [-0.15, -0.1) is 0 Å². The summed E-state index contributed by atoms with van der Waals surface area (Å²) in [6, 6.07) is 21.3. The van der Waals surface area contributed by atoms with Crippen LogP contribution in [0.4, 0.5) is 10.1 Å². The number of halogens is 1. The van der Waals surface area contributed by atoms with E-state index in [-0.39, 0.29) is 11.4 Å². The van der Waals surface area contributed by atoms with Gasteiger partial charge in [0.1, 0.15) is 11.5 Å². The van der Waals surface area contributed by atoms with Gasteiger partial charge in [-0.25, -0.2) is 9.29 Å². The van der Waals surface area contributed by atoms with Crippen LogP contribution in [0.5, 0.6) is 0 Å². The lowest BCUT2D eigenvalue weighted by Gasteiger charge is -2.22. The van der Waals surface area contributed by atoms with Gasteiger partial charge in [0, 0.05) is 13.6 Å². The zero-order valence-electron chi connectivity index (χ0n) is 17.7. The molecule has 0 N–H and O–H groups in total. The smallest absolute Gasteiger partial charge is 0.282 e. The van der Waals surface area contributed by atoms with Crippen molar-refractivity contribution in [2.45, 2.75) is 20.4 Å². The van der Waals surface area contributed by atoms with Crippen LogP contribution in [0.1, 0.15) is 22.3 Å². The summed E-state index contributed by atoms with van der Waals surface area (Å²) in [6.45, 7) is 4.32. The van der Waals surface area contributed by atoms with Gasteiger partial charge in [-0.05, 0) is 42.7 Å². The van der Waals surface area contributed by atoms with Crippen molar-refractivity contribution in [1.29, 1.82) is 0 Å². The Balaban J connectivity index is 1.86. The Bertz CT molecular complexity index is 1200. The monoisotopic (exact) mass is 414 g/mol. The molecule has 0 bridgehead atoms. The van der Waals surface area contributed by atoms with Crippen molar-refractivity contribution >= 4 is 23.1 Å². The van der Waals surface area contributed by atoms with Crippen molar-refractivity contribution in [3.8, 4) is 0 Å². The minimum absolute atomic E-state index is 0.0390. The zero-order valence-corrected chi connectivity index (χ0v) is 17.7. The van der Waals surface area contributed by atoms with E-state index in [4.69, 9.17) is 0 Å². The van der Waals surface area contributed by atoms with Crippen LogP contribution in [0.2, 0.25) is 0 Å². The zero-order chi connectivity index (χ0) is 22.1. The van der Waals surface area contributed by atoms with E-state index >= 15 is 0 Å². The molecule has 0 radical (unpaired) electrons. The van der Waals surface area contributed by atoms with Crippen LogP contribution in [0.15, 0.2) is 78.5 Å². The van der Waals surface area contributed by atoms with Crippen molar-refractivity contribution in [3.63, 3.8) is 0 Å². The molecule has 0 fully saturated rings. The summed E-state index contributed by atoms with van der Waals surface area (Å²) in [6.07, 6.45) is 0. The van der Waals surface area contributed by atoms with Crippen LogP contribution in [-0.2, 0) is 16.1 Å². The number of amides is 2. The largest absolute Gasteiger partial charge is 0.365 e. The average molecular weight is 414 g/mol. The molecule has 3 aromatic carbocycles. The fraction of sp³-hybridized carbons (Fsp3) is 0.154. The highest BCUT2D eigenvalue weighted by atomic mass is 19.1. The Kier molecular flexibility index (Phi) is 5.42. The van der Waals surface area contributed by atoms with E-state index in [1.807, 2.05) is 62.4 Å². The molecule has 0 aliphatic carbocycles. The van der Waals surface area contributed by atoms with E-state index < -0.39 is 17.6 Å². The lowest BCUT2D eigenvalue weighted by Crippen LogP contribution is -2.34. The number of rotatable bonds is 5. The molecular formula is C26H23FN2O2. The molecule has 4 nitrogen and oxygen atoms in total. The number of benzene rings is 3. The highest BCUT2D eigenvalue weighted by molar-refractivity contribution is 6.45. The topological polar surface area (TPSA) is 40.6 Å². The summed E-state index contributed by atoms with van der Waals surface area (Å²) in [4.78, 5) is 29.7. The Morgan fingerprint density at radius 2 is 1.55 bits per heavy atom. The lowest BCUT2D eigenvalue weighted by molar-refractivity contribution is -0.120. The van der Waals surface area contributed by atoms with E-state index in [9.17, 15) is 14.0 Å². The van der Waals surface area contributed by atoms with Gasteiger partial charge >= 0.3 is 0 Å². The first kappa shape index (κ1) is 20.5. The second-order valence-electron chi connectivity index (χ2n) is 7.78. The molecule has 31 heavy (non-hydrogen) atoms. The number of hydrogen-bond donors (Lipinski definition) is 0. The minimum Gasteiger partial charge on any atom is -0.365 e. The van der Waals surface area contributed by atoms with Crippen molar-refractivity contribution in [3.05, 3.63) is 107 Å². The quantitative estimate of drug-likeness (QED) is 0.560. The molecule has 0 unspecified atom stereocenters. The number of anilines is 1. The van der Waals surface area contributed by atoms with Crippen LogP contribution in [0.3, 0.4) is 0 Å². The van der Waals surface area contributed by atoms with Gasteiger partial charge in [-0.1, -0.05) is 66.2 Å². The number of carbonyl (C=O) groups is 2. The van der Waals surface area contributed by atoms with Crippen LogP contribution >= 0.6 is 0 Å². The molecule has 0 saturated heterocycles. The Morgan fingerprint density at radius 1 is 0.871 bits per heavy atom. The van der Waals surface area contributed by atoms with Crippen molar-refractivity contribution in [1.82, 2.24) is 4.90 Å². The Morgan fingerprint density at radius 3 is 2.23 bits per heavy atom. The third-order valence-corrected chi connectivity index (χ3v) is 5.45. The summed E-state index contributed by atoms with van der Waals surface area (Å²) in [5.74, 6) is -1.66. The summed E-state index contributed by atoms with van der Waals surface area (Å²) in [5.41, 5.74) is 4.15. The average Bonchev–Trinajstić information content (AvgIpc) is 2.99. The van der Waals surface area contributed by atoms with Gasteiger partial charge in [0.05, 0.1) is 11.3 Å². The first-order chi connectivity index (χ1) is 14.9. The maximum atomic E-state index is 14.5. The number of likely N-dealkylation sites (N-methyl/N-ethyl adjacent to an activating group) is 1. The van der Waals surface area contributed by atoms with Crippen molar-refractivity contribution in [2.75, 3.05) is 11.9 Å². The fourth-order valence-electron chi connectivity index (χ4n) is 4.00. The number of hydrogen-bond acceptors (Lipinski definition) is 3. The molecule has 0 saturated carbocycles. The van der Waals surface area contributed by atoms with E-state index in [1.54, 1.807) is 18.0 Å². The predicted octanol–water partition coefficient (Wildman–Crippen LogP) is 4.86. The van der Waals surface area contributed by atoms with Gasteiger partial charge in [0.25, 0.3) is 11.8 Å². The maximum absolute atomic E-state index is 14.5. The molecule has 3 aromatic rings. The number of nitrogens with zero attached hydrogens (tertiary/aromatic N) is 2. The minimum atomic E-state index is -0.615. The third-order valence-electron chi connectivity index (χ3n) is 5.45. The molecule has 0 atom stereocenters. The van der Waals surface area contributed by atoms with Gasteiger partial charge in [0.2, 0.25) is 0 Å². The number of para-hydroxylation sites is 1. The lowest BCUT2D eigenvalue weighted by atomic mass is 9.97. The third kappa shape index (κ3) is 3.75. The molecule has 1 aliphatic rings. The molecule has 156 valence electrons. The molecule has 1 aliphatic heterocycles. The highest BCUT2D eigenvalue weighted by Gasteiger charge is 2.43. The summed E-state index contributed by atoms with van der Waals surface area (Å²) >= 11 is 0. The highest BCUT2D eigenvalue weighted by Crippen LogP contribution is 2.37. The van der Waals surface area contributed by atoms with Gasteiger partial charge < -0.3 is 4.90 Å². The SMILES string of the molecule is Cc1ccc(C2=C(N(C)Cc3ccccc3)C(=O)N(c3ccccc3F)C2=O)c(C)c1. The van der Waals surface area contributed by atoms with Gasteiger partial charge in [0.15, 0.2) is 0 Å². The van der Waals surface area contributed by atoms with Crippen molar-refractivity contribution < 1.29 is 14.0 Å². The number of imide groups is 1. The molecule has 0 spiro atoms. The van der Waals surface area contributed by atoms with E-state index in [2.05, 4.69) is 0 Å². The summed E-state index contributed by atoms with van der Waals surface area (Å²) in [5, 5.41) is 0. The van der Waals surface area contributed by atoms with Gasteiger partial charge in [-0.2, -0.15) is 0 Å². The van der Waals surface area contributed by atoms with Gasteiger partial charge in [-0.3, -0.25) is 9.59 Å². The van der Waals surface area contributed by atoms with Crippen LogP contribution in [-0.4, -0.2) is 23.8 Å². The molecular weight excluding hydrogens is 391 g/mol. The first-order valence-corrected chi connectivity index (χ1v) is 10.1. The normalized spacial score (nSPS) is 13.9.